The van der Waals surface area contributed by atoms with Crippen LogP contribution < -0.4 is 5.32 Å². The number of aromatic amines is 1. The number of piperidine rings is 1. The second kappa shape index (κ2) is 9.91. The Hall–Kier alpha value is -2.59. The highest BCUT2D eigenvalue weighted by Crippen LogP contribution is 2.31. The fourth-order valence-corrected chi connectivity index (χ4v) is 5.84. The lowest BCUT2D eigenvalue weighted by Gasteiger charge is -2.30. The Morgan fingerprint density at radius 3 is 2.66 bits per heavy atom. The highest BCUT2D eigenvalue weighted by atomic mass is 32.1. The van der Waals surface area contributed by atoms with E-state index in [2.05, 4.69) is 25.5 Å². The summed E-state index contributed by atoms with van der Waals surface area (Å²) in [6.07, 6.45) is 5.29. The smallest absolute Gasteiger partial charge is 0.270 e. The van der Waals surface area contributed by atoms with Crippen LogP contribution in [0.2, 0.25) is 0 Å². The van der Waals surface area contributed by atoms with E-state index in [4.69, 9.17) is 0 Å². The van der Waals surface area contributed by atoms with Crippen LogP contribution in [0.4, 0.5) is 0 Å². The Balaban J connectivity index is 1.25. The largest absolute Gasteiger partial charge is 0.351 e. The average molecular weight is 473 g/mol. The molecule has 0 aliphatic carbocycles. The number of likely N-dealkylation sites (tertiary alicyclic amines) is 1. The molecule has 0 aromatic carbocycles. The molecule has 0 radical (unpaired) electrons. The Kier molecular flexibility index (Phi) is 7.00. The molecule has 4 rings (SSSR count). The number of amides is 2. The Bertz CT molecular complexity index is 1090. The third-order valence-electron chi connectivity index (χ3n) is 5.83. The Morgan fingerprint density at radius 1 is 1.22 bits per heavy atom. The summed E-state index contributed by atoms with van der Waals surface area (Å²) in [5.74, 6) is 0.246. The number of aromatic nitrogens is 4. The molecular weight excluding hydrogens is 444 g/mol. The molecule has 0 spiro atoms. The molecule has 0 saturated carbocycles. The molecular formula is C22H28N6O2S2. The van der Waals surface area contributed by atoms with E-state index in [1.54, 1.807) is 0 Å². The van der Waals surface area contributed by atoms with E-state index in [0.29, 0.717) is 31.2 Å². The lowest BCUT2D eigenvalue weighted by atomic mass is 9.97. The molecule has 4 heterocycles. The van der Waals surface area contributed by atoms with Crippen LogP contribution in [-0.4, -0.2) is 56.5 Å². The maximum Gasteiger partial charge on any atom is 0.270 e. The van der Waals surface area contributed by atoms with Gasteiger partial charge >= 0.3 is 0 Å². The first-order chi connectivity index (χ1) is 15.4. The van der Waals surface area contributed by atoms with Gasteiger partial charge in [-0.25, -0.2) is 9.97 Å². The summed E-state index contributed by atoms with van der Waals surface area (Å²) in [5, 5.41) is 13.7. The van der Waals surface area contributed by atoms with Gasteiger partial charge in [-0.3, -0.25) is 14.7 Å². The molecule has 32 heavy (non-hydrogen) atoms. The quantitative estimate of drug-likeness (QED) is 0.511. The molecule has 10 heteroatoms. The summed E-state index contributed by atoms with van der Waals surface area (Å²) in [6.45, 7) is 7.83. The molecule has 1 aliphatic rings. The van der Waals surface area contributed by atoms with Crippen molar-refractivity contribution in [2.24, 2.45) is 0 Å². The van der Waals surface area contributed by atoms with Gasteiger partial charge in [-0.15, -0.1) is 22.7 Å². The van der Waals surface area contributed by atoms with E-state index < -0.39 is 0 Å². The lowest BCUT2D eigenvalue weighted by Crippen LogP contribution is -2.37. The van der Waals surface area contributed by atoms with Gasteiger partial charge in [0.2, 0.25) is 0 Å². The Labute approximate surface area is 195 Å². The molecule has 170 valence electrons. The van der Waals surface area contributed by atoms with Crippen molar-refractivity contribution in [3.05, 3.63) is 49.1 Å². The van der Waals surface area contributed by atoms with Crippen LogP contribution in [-0.2, 0) is 6.42 Å². The minimum Gasteiger partial charge on any atom is -0.351 e. The van der Waals surface area contributed by atoms with Crippen molar-refractivity contribution < 1.29 is 9.59 Å². The van der Waals surface area contributed by atoms with Gasteiger partial charge in [0.15, 0.2) is 0 Å². The van der Waals surface area contributed by atoms with Gasteiger partial charge in [-0.05, 0) is 52.0 Å². The summed E-state index contributed by atoms with van der Waals surface area (Å²) in [4.78, 5) is 36.9. The van der Waals surface area contributed by atoms with Gasteiger partial charge in [-0.2, -0.15) is 5.10 Å². The number of nitrogens with zero attached hydrogens (tertiary/aromatic N) is 4. The van der Waals surface area contributed by atoms with Crippen LogP contribution in [0, 0.1) is 20.8 Å². The number of thiazole rings is 2. The predicted molar refractivity (Wildman–Crippen MR) is 126 cm³/mol. The fraction of sp³-hybridized carbons (Fsp3) is 0.500. The van der Waals surface area contributed by atoms with Crippen LogP contribution in [0.3, 0.4) is 0 Å². The maximum absolute atomic E-state index is 12.8. The van der Waals surface area contributed by atoms with Crippen molar-refractivity contribution in [3.63, 3.8) is 0 Å². The molecule has 1 fully saturated rings. The minimum absolute atomic E-state index is 0.0800. The predicted octanol–water partition coefficient (Wildman–Crippen LogP) is 3.63. The van der Waals surface area contributed by atoms with Crippen LogP contribution in [0.5, 0.6) is 0 Å². The molecule has 1 saturated heterocycles. The van der Waals surface area contributed by atoms with Crippen LogP contribution in [0.25, 0.3) is 0 Å². The molecule has 2 amide bonds. The molecule has 3 aromatic heterocycles. The molecule has 0 atom stereocenters. The first-order valence-electron chi connectivity index (χ1n) is 10.9. The van der Waals surface area contributed by atoms with Crippen molar-refractivity contribution in [2.45, 2.75) is 52.4 Å². The van der Waals surface area contributed by atoms with Crippen molar-refractivity contribution >= 4 is 34.5 Å². The maximum atomic E-state index is 12.8. The molecule has 1 aliphatic heterocycles. The zero-order valence-corrected chi connectivity index (χ0v) is 20.2. The normalized spacial score (nSPS) is 14.7. The standard InChI is InChI=1S/C22H28N6O2S2/c1-13-17(11-24-27-13)5-4-8-23-20(29)18-12-31-21(26-18)16-6-9-28(10-7-16)22(30)19-14(2)25-15(3)32-19/h11-12,16H,4-10H2,1-3H3,(H,23,29)(H,24,27). The highest BCUT2D eigenvalue weighted by molar-refractivity contribution is 7.13. The third kappa shape index (κ3) is 5.07. The van der Waals surface area contributed by atoms with Crippen LogP contribution in [0.15, 0.2) is 11.6 Å². The summed E-state index contributed by atoms with van der Waals surface area (Å²) >= 11 is 3.01. The van der Waals surface area contributed by atoms with Crippen molar-refractivity contribution in [2.75, 3.05) is 19.6 Å². The van der Waals surface area contributed by atoms with Gasteiger partial charge in [0.25, 0.3) is 11.8 Å². The number of nitrogens with one attached hydrogen (secondary N) is 2. The van der Waals surface area contributed by atoms with E-state index in [1.807, 2.05) is 37.2 Å². The highest BCUT2D eigenvalue weighted by Gasteiger charge is 2.28. The van der Waals surface area contributed by atoms with E-state index >= 15 is 0 Å². The zero-order chi connectivity index (χ0) is 22.7. The summed E-state index contributed by atoms with van der Waals surface area (Å²) in [7, 11) is 0. The van der Waals surface area contributed by atoms with E-state index in [-0.39, 0.29) is 11.8 Å². The number of rotatable bonds is 7. The third-order valence-corrected chi connectivity index (χ3v) is 7.89. The minimum atomic E-state index is -0.125. The van der Waals surface area contributed by atoms with Gasteiger partial charge in [0.05, 0.1) is 21.9 Å². The summed E-state index contributed by atoms with van der Waals surface area (Å²) in [6, 6.07) is 0. The first kappa shape index (κ1) is 22.6. The van der Waals surface area contributed by atoms with Crippen molar-refractivity contribution in [3.8, 4) is 0 Å². The molecule has 2 N–H and O–H groups in total. The summed E-state index contributed by atoms with van der Waals surface area (Å²) in [5.41, 5.74) is 3.56. The van der Waals surface area contributed by atoms with Gasteiger partial charge in [0.1, 0.15) is 10.6 Å². The number of carbonyl (C=O) groups is 2. The van der Waals surface area contributed by atoms with Gasteiger partial charge < -0.3 is 10.2 Å². The van der Waals surface area contributed by atoms with E-state index in [0.717, 1.165) is 52.0 Å². The van der Waals surface area contributed by atoms with E-state index in [9.17, 15) is 9.59 Å². The molecule has 0 bridgehead atoms. The first-order valence-corrected chi connectivity index (χ1v) is 12.6. The number of H-pyrrole nitrogens is 1. The number of carbonyl (C=O) groups excluding carboxylic acids is 2. The topological polar surface area (TPSA) is 104 Å². The summed E-state index contributed by atoms with van der Waals surface area (Å²) < 4.78 is 0. The Morgan fingerprint density at radius 2 is 2.00 bits per heavy atom. The van der Waals surface area contributed by atoms with Gasteiger partial charge in [0, 0.05) is 36.6 Å². The number of aryl methyl sites for hydroxylation is 4. The number of hydrogen-bond acceptors (Lipinski definition) is 7. The number of hydrogen-bond donors (Lipinski definition) is 2. The lowest BCUT2D eigenvalue weighted by molar-refractivity contribution is 0.0717. The molecule has 3 aromatic rings. The second-order valence-electron chi connectivity index (χ2n) is 8.16. The molecule has 8 nitrogen and oxygen atoms in total. The fourth-order valence-electron chi connectivity index (χ4n) is 3.98. The van der Waals surface area contributed by atoms with Crippen LogP contribution in [0.1, 0.15) is 72.3 Å². The van der Waals surface area contributed by atoms with Crippen molar-refractivity contribution in [1.29, 1.82) is 0 Å². The zero-order valence-electron chi connectivity index (χ0n) is 18.6. The van der Waals surface area contributed by atoms with Gasteiger partial charge in [-0.1, -0.05) is 0 Å². The monoisotopic (exact) mass is 472 g/mol. The average Bonchev–Trinajstić information content (AvgIpc) is 3.51. The van der Waals surface area contributed by atoms with Crippen molar-refractivity contribution in [1.82, 2.24) is 30.4 Å². The second-order valence-corrected chi connectivity index (χ2v) is 10.3. The van der Waals surface area contributed by atoms with Crippen LogP contribution >= 0.6 is 22.7 Å². The molecule has 0 unspecified atom stereocenters. The SMILES string of the molecule is Cc1nc(C)c(C(=O)N2CCC(c3nc(C(=O)NCCCc4cn[nH]c4C)cs3)CC2)s1. The van der Waals surface area contributed by atoms with E-state index in [1.165, 1.54) is 28.2 Å².